The van der Waals surface area contributed by atoms with Gasteiger partial charge in [0.15, 0.2) is 0 Å². The number of halogens is 1. The Morgan fingerprint density at radius 2 is 1.40 bits per heavy atom. The van der Waals surface area contributed by atoms with E-state index in [-0.39, 0.29) is 7.27 Å². The first kappa shape index (κ1) is 10.7. The molecule has 2 heteroatoms. The fourth-order valence-corrected chi connectivity index (χ4v) is 3.18. The van der Waals surface area contributed by atoms with Crippen LogP contribution in [0.25, 0.3) is 0 Å². The average molecular weight is 181 g/mol. The Kier molecular flexibility index (Phi) is 5.77. The van der Waals surface area contributed by atoms with Gasteiger partial charge < -0.3 is 0 Å². The van der Waals surface area contributed by atoms with E-state index in [0.717, 1.165) is 11.3 Å². The van der Waals surface area contributed by atoms with Gasteiger partial charge in [0.2, 0.25) is 0 Å². The molecule has 0 fully saturated rings. The van der Waals surface area contributed by atoms with Crippen molar-refractivity contribution in [2.24, 2.45) is 0 Å². The van der Waals surface area contributed by atoms with Crippen molar-refractivity contribution < 1.29 is 0 Å². The monoisotopic (exact) mass is 180 g/mol. The zero-order chi connectivity index (χ0) is 8.15. The van der Waals surface area contributed by atoms with Crippen LogP contribution in [0.4, 0.5) is 0 Å². The van der Waals surface area contributed by atoms with Crippen LogP contribution in [0.2, 0.25) is 0 Å². The van der Waals surface area contributed by atoms with E-state index >= 15 is 0 Å². The average Bonchev–Trinajstić information content (AvgIpc) is 2.00. The van der Waals surface area contributed by atoms with Gasteiger partial charge in [-0.25, -0.2) is 0 Å². The van der Waals surface area contributed by atoms with Gasteiger partial charge in [-0.15, -0.1) is 0 Å². The van der Waals surface area contributed by atoms with Crippen LogP contribution in [0.1, 0.15) is 40.5 Å². The van der Waals surface area contributed by atoms with Crippen molar-refractivity contribution in [3.05, 3.63) is 0 Å². The second-order valence-electron chi connectivity index (χ2n) is 2.86. The highest BCUT2D eigenvalue weighted by Gasteiger charge is 2.17. The summed E-state index contributed by atoms with van der Waals surface area (Å²) in [6.07, 6.45) is 2.44. The van der Waals surface area contributed by atoms with Crippen molar-refractivity contribution in [2.45, 2.75) is 51.9 Å². The predicted molar refractivity (Wildman–Crippen MR) is 52.3 cm³/mol. The topological polar surface area (TPSA) is 0 Å². The summed E-state index contributed by atoms with van der Waals surface area (Å²) < 4.78 is 0. The molecule has 2 atom stereocenters. The maximum absolute atomic E-state index is 6.25. The summed E-state index contributed by atoms with van der Waals surface area (Å²) in [5, 5.41) is 0. The molecular weight excluding hydrogens is 163 g/mol. The molecule has 0 heterocycles. The van der Waals surface area contributed by atoms with Crippen LogP contribution < -0.4 is 0 Å². The molecule has 0 nitrogen and oxygen atoms in total. The van der Waals surface area contributed by atoms with Gasteiger partial charge in [0.05, 0.1) is 0 Å². The second kappa shape index (κ2) is 5.38. The molecular formula is C8H18ClP. The van der Waals surface area contributed by atoms with E-state index in [1.165, 1.54) is 12.8 Å². The van der Waals surface area contributed by atoms with Gasteiger partial charge in [-0.3, -0.25) is 0 Å². The fraction of sp³-hybridized carbons (Fsp3) is 1.00. The first-order valence-electron chi connectivity index (χ1n) is 4.07. The Hall–Kier alpha value is 0.720. The van der Waals surface area contributed by atoms with Gasteiger partial charge in [-0.2, -0.15) is 0 Å². The first-order chi connectivity index (χ1) is 4.63. The third-order valence-corrected chi connectivity index (χ3v) is 6.44. The van der Waals surface area contributed by atoms with Crippen LogP contribution in [0, 0.1) is 0 Å². The quantitative estimate of drug-likeness (QED) is 0.569. The molecule has 0 amide bonds. The maximum atomic E-state index is 6.25. The zero-order valence-corrected chi connectivity index (χ0v) is 9.04. The van der Waals surface area contributed by atoms with Gasteiger partial charge in [0.25, 0.3) is 0 Å². The molecule has 0 radical (unpaired) electrons. The molecule has 62 valence electrons. The standard InChI is InChI=1S/C8H18ClP/c1-5-7(3)10(9)8(4)6-2/h7-8H,5-6H2,1-4H3. The van der Waals surface area contributed by atoms with E-state index in [1.54, 1.807) is 0 Å². The molecule has 0 saturated heterocycles. The molecule has 0 aliphatic heterocycles. The predicted octanol–water partition coefficient (Wildman–Crippen LogP) is 4.22. The summed E-state index contributed by atoms with van der Waals surface area (Å²) in [6.45, 7) is 8.94. The minimum absolute atomic E-state index is 0.231. The molecule has 0 rings (SSSR count). The van der Waals surface area contributed by atoms with E-state index in [1.807, 2.05) is 0 Å². The lowest BCUT2D eigenvalue weighted by Crippen LogP contribution is -2.03. The Labute approximate surface area is 70.9 Å². The minimum Gasteiger partial charge on any atom is -0.0959 e. The molecule has 0 saturated carbocycles. The van der Waals surface area contributed by atoms with E-state index in [2.05, 4.69) is 27.7 Å². The van der Waals surface area contributed by atoms with Crippen molar-refractivity contribution in [1.82, 2.24) is 0 Å². The summed E-state index contributed by atoms with van der Waals surface area (Å²) in [5.41, 5.74) is 1.46. The van der Waals surface area contributed by atoms with Crippen LogP contribution in [0.15, 0.2) is 0 Å². The van der Waals surface area contributed by atoms with Gasteiger partial charge in [-0.05, 0) is 31.4 Å². The molecule has 0 N–H and O–H groups in total. The van der Waals surface area contributed by atoms with Crippen molar-refractivity contribution in [2.75, 3.05) is 0 Å². The highest BCUT2D eigenvalue weighted by Crippen LogP contribution is 2.53. The summed E-state index contributed by atoms with van der Waals surface area (Å²) in [6, 6.07) is 0. The molecule has 0 aliphatic carbocycles. The minimum atomic E-state index is -0.231. The highest BCUT2D eigenvalue weighted by molar-refractivity contribution is 7.85. The van der Waals surface area contributed by atoms with E-state index < -0.39 is 0 Å². The Morgan fingerprint density at radius 3 is 1.60 bits per heavy atom. The normalized spacial score (nSPS) is 20.1. The number of hydrogen-bond donors (Lipinski definition) is 0. The van der Waals surface area contributed by atoms with Gasteiger partial charge >= 0.3 is 0 Å². The third kappa shape index (κ3) is 3.21. The molecule has 2 unspecified atom stereocenters. The van der Waals surface area contributed by atoms with Crippen LogP contribution in [0.5, 0.6) is 0 Å². The summed E-state index contributed by atoms with van der Waals surface area (Å²) in [7, 11) is -0.231. The summed E-state index contributed by atoms with van der Waals surface area (Å²) >= 11 is 6.25. The highest BCUT2D eigenvalue weighted by atomic mass is 35.7. The van der Waals surface area contributed by atoms with Crippen LogP contribution in [-0.2, 0) is 0 Å². The van der Waals surface area contributed by atoms with Crippen molar-refractivity contribution >= 4 is 18.5 Å². The van der Waals surface area contributed by atoms with Crippen molar-refractivity contribution in [3.63, 3.8) is 0 Å². The lowest BCUT2D eigenvalue weighted by Gasteiger charge is -2.21. The van der Waals surface area contributed by atoms with Crippen LogP contribution in [0.3, 0.4) is 0 Å². The van der Waals surface area contributed by atoms with E-state index in [9.17, 15) is 0 Å². The Bertz CT molecular complexity index is 75.3. The largest absolute Gasteiger partial charge is 0.0959 e. The molecule has 0 aromatic rings. The number of hydrogen-bond acceptors (Lipinski definition) is 0. The maximum Gasteiger partial charge on any atom is -0.00397 e. The van der Waals surface area contributed by atoms with E-state index in [0.29, 0.717) is 0 Å². The summed E-state index contributed by atoms with van der Waals surface area (Å²) in [4.78, 5) is 0. The molecule has 0 aromatic carbocycles. The molecule has 10 heavy (non-hydrogen) atoms. The van der Waals surface area contributed by atoms with Crippen molar-refractivity contribution in [3.8, 4) is 0 Å². The smallest absolute Gasteiger partial charge is 0.00397 e. The third-order valence-electron chi connectivity index (χ3n) is 2.02. The molecule has 0 spiro atoms. The summed E-state index contributed by atoms with van der Waals surface area (Å²) in [5.74, 6) is 0. The SMILES string of the molecule is CCC(C)P(Cl)C(C)CC. The fourth-order valence-electron chi connectivity index (χ4n) is 0.783. The second-order valence-corrected chi connectivity index (χ2v) is 6.48. The molecule has 0 aromatic heterocycles. The molecule has 0 bridgehead atoms. The van der Waals surface area contributed by atoms with E-state index in [4.69, 9.17) is 11.2 Å². The Balaban J connectivity index is 3.69. The van der Waals surface area contributed by atoms with Gasteiger partial charge in [0, 0.05) is 0 Å². The van der Waals surface area contributed by atoms with Gasteiger partial charge in [0.1, 0.15) is 0 Å². The van der Waals surface area contributed by atoms with Crippen LogP contribution in [-0.4, -0.2) is 11.3 Å². The first-order valence-corrected chi connectivity index (χ1v) is 6.46. The van der Waals surface area contributed by atoms with Gasteiger partial charge in [-0.1, -0.05) is 38.9 Å². The number of rotatable bonds is 4. The zero-order valence-electron chi connectivity index (χ0n) is 7.39. The Morgan fingerprint density at radius 1 is 1.10 bits per heavy atom. The molecule has 0 aliphatic rings. The lowest BCUT2D eigenvalue weighted by atomic mass is 10.4. The van der Waals surface area contributed by atoms with Crippen molar-refractivity contribution in [1.29, 1.82) is 0 Å². The lowest BCUT2D eigenvalue weighted by molar-refractivity contribution is 0.844. The van der Waals surface area contributed by atoms with Crippen LogP contribution >= 0.6 is 18.5 Å².